The Bertz CT molecular complexity index is 1300. The Morgan fingerprint density at radius 3 is 2.84 bits per heavy atom. The third-order valence-corrected chi connectivity index (χ3v) is 6.45. The van der Waals surface area contributed by atoms with Gasteiger partial charge in [0.15, 0.2) is 11.9 Å². The maximum absolute atomic E-state index is 14.2. The summed E-state index contributed by atoms with van der Waals surface area (Å²) in [5.41, 5.74) is 2.43. The smallest absolute Gasteiger partial charge is 0.296 e. The predicted octanol–water partition coefficient (Wildman–Crippen LogP) is 2.73. The van der Waals surface area contributed by atoms with E-state index < -0.39 is 18.6 Å². The van der Waals surface area contributed by atoms with Crippen LogP contribution in [0.2, 0.25) is 0 Å². The monoisotopic (exact) mass is 523 g/mol. The number of halogens is 2. The summed E-state index contributed by atoms with van der Waals surface area (Å²) in [5.74, 6) is -2.30. The fraction of sp³-hybridized carbons (Fsp3) is 0.385. The lowest BCUT2D eigenvalue weighted by Gasteiger charge is -2.33. The molecule has 2 aliphatic heterocycles. The van der Waals surface area contributed by atoms with Crippen molar-refractivity contribution in [1.82, 2.24) is 20.3 Å². The molecular formula is C26H27F2N7O3. The lowest BCUT2D eigenvalue weighted by Crippen LogP contribution is -2.52. The van der Waals surface area contributed by atoms with Gasteiger partial charge in [-0.05, 0) is 49.0 Å². The van der Waals surface area contributed by atoms with Gasteiger partial charge in [0.05, 0.1) is 31.4 Å². The van der Waals surface area contributed by atoms with Crippen LogP contribution in [0.25, 0.3) is 11.4 Å². The fourth-order valence-electron chi connectivity index (χ4n) is 4.42. The number of nitrogens with one attached hydrogen (secondary N) is 2. The Balaban J connectivity index is 1.28. The van der Waals surface area contributed by atoms with Crippen molar-refractivity contribution in [3.63, 3.8) is 0 Å². The van der Waals surface area contributed by atoms with Gasteiger partial charge in [0, 0.05) is 36.4 Å². The Labute approximate surface area is 218 Å². The molecule has 5 rings (SSSR count). The molecule has 2 aliphatic rings. The largest absolute Gasteiger partial charge is 0.483 e. The first kappa shape index (κ1) is 25.7. The molecule has 2 saturated heterocycles. The van der Waals surface area contributed by atoms with E-state index in [1.807, 2.05) is 30.3 Å². The summed E-state index contributed by atoms with van der Waals surface area (Å²) in [4.78, 5) is 15.0. The number of hydrogen-bond donors (Lipinski definition) is 3. The lowest BCUT2D eigenvalue weighted by molar-refractivity contribution is -0.109. The standard InChI is InChI=1S/C26H27F2N7O3/c27-26(28)15-30-8-7-23(26)38-22-6-1-17(11-18(22)12-29)24-31-16-32-25(34-24)33-19-2-4-20(5-3-19)35-9-10-37-21(13-35)14-36/h1-6,11,16,21,23,30,36H,7-10,13-15H2,(H,31,32,33,34)/t21-,23?/m1/s1. The van der Waals surface area contributed by atoms with Crippen molar-refractivity contribution in [2.24, 2.45) is 0 Å². The highest BCUT2D eigenvalue weighted by molar-refractivity contribution is 5.64. The summed E-state index contributed by atoms with van der Waals surface area (Å²) >= 11 is 0. The Morgan fingerprint density at radius 2 is 2.08 bits per heavy atom. The van der Waals surface area contributed by atoms with E-state index in [-0.39, 0.29) is 30.4 Å². The number of anilines is 3. The molecule has 198 valence electrons. The van der Waals surface area contributed by atoms with Gasteiger partial charge >= 0.3 is 0 Å². The number of morpholine rings is 1. The number of rotatable bonds is 7. The Kier molecular flexibility index (Phi) is 7.59. The van der Waals surface area contributed by atoms with Gasteiger partial charge in [-0.15, -0.1) is 0 Å². The normalized spacial score (nSPS) is 20.9. The van der Waals surface area contributed by atoms with Crippen LogP contribution < -0.4 is 20.3 Å². The zero-order chi connectivity index (χ0) is 26.5. The van der Waals surface area contributed by atoms with Gasteiger partial charge in [0.25, 0.3) is 5.92 Å². The highest BCUT2D eigenvalue weighted by atomic mass is 19.3. The minimum absolute atomic E-state index is 0.0162. The number of nitrogens with zero attached hydrogens (tertiary/aromatic N) is 5. The van der Waals surface area contributed by atoms with E-state index in [1.165, 1.54) is 18.5 Å². The molecule has 0 bridgehead atoms. The van der Waals surface area contributed by atoms with E-state index in [4.69, 9.17) is 9.47 Å². The summed E-state index contributed by atoms with van der Waals surface area (Å²) in [7, 11) is 0. The van der Waals surface area contributed by atoms with Crippen LogP contribution in [0.5, 0.6) is 5.75 Å². The first-order valence-corrected chi connectivity index (χ1v) is 12.3. The molecule has 10 nitrogen and oxygen atoms in total. The molecule has 2 atom stereocenters. The van der Waals surface area contributed by atoms with Crippen LogP contribution in [-0.2, 0) is 4.74 Å². The molecule has 38 heavy (non-hydrogen) atoms. The molecule has 2 aromatic carbocycles. The quantitative estimate of drug-likeness (QED) is 0.425. The van der Waals surface area contributed by atoms with Crippen LogP contribution in [0.4, 0.5) is 26.1 Å². The van der Waals surface area contributed by atoms with Crippen molar-refractivity contribution in [2.45, 2.75) is 24.6 Å². The molecule has 2 fully saturated rings. The number of alkyl halides is 2. The molecule has 3 aromatic rings. The molecule has 1 aromatic heterocycles. The van der Waals surface area contributed by atoms with E-state index in [0.29, 0.717) is 37.0 Å². The third-order valence-electron chi connectivity index (χ3n) is 6.45. The molecule has 3 N–H and O–H groups in total. The van der Waals surface area contributed by atoms with Crippen LogP contribution in [0, 0.1) is 11.3 Å². The number of aliphatic hydroxyl groups is 1. The Morgan fingerprint density at radius 1 is 1.24 bits per heavy atom. The van der Waals surface area contributed by atoms with E-state index in [1.54, 1.807) is 6.07 Å². The highest BCUT2D eigenvalue weighted by Crippen LogP contribution is 2.31. The number of piperidine rings is 1. The van der Waals surface area contributed by atoms with Gasteiger partial charge in [-0.1, -0.05) is 0 Å². The first-order chi connectivity index (χ1) is 18.4. The van der Waals surface area contributed by atoms with Crippen LogP contribution in [0.15, 0.2) is 48.8 Å². The van der Waals surface area contributed by atoms with Gasteiger partial charge in [0.1, 0.15) is 18.1 Å². The topological polar surface area (TPSA) is 128 Å². The van der Waals surface area contributed by atoms with Crippen LogP contribution in [-0.4, -0.2) is 77.6 Å². The van der Waals surface area contributed by atoms with Crippen molar-refractivity contribution in [2.75, 3.05) is 49.6 Å². The predicted molar refractivity (Wildman–Crippen MR) is 136 cm³/mol. The number of aliphatic hydroxyl groups excluding tert-OH is 1. The second-order valence-electron chi connectivity index (χ2n) is 9.08. The summed E-state index contributed by atoms with van der Waals surface area (Å²) in [6, 6.07) is 14.4. The summed E-state index contributed by atoms with van der Waals surface area (Å²) in [6.07, 6.45) is -0.00897. The molecule has 0 radical (unpaired) electrons. The van der Waals surface area contributed by atoms with Crippen molar-refractivity contribution in [3.8, 4) is 23.2 Å². The second-order valence-corrected chi connectivity index (χ2v) is 9.08. The number of benzene rings is 2. The van der Waals surface area contributed by atoms with E-state index >= 15 is 0 Å². The number of nitriles is 1. The molecular weight excluding hydrogens is 496 g/mol. The molecule has 12 heteroatoms. The maximum atomic E-state index is 14.2. The summed E-state index contributed by atoms with van der Waals surface area (Å²) < 4.78 is 39.4. The number of ether oxygens (including phenoxy) is 2. The molecule has 3 heterocycles. The van der Waals surface area contributed by atoms with E-state index in [2.05, 4.69) is 30.5 Å². The zero-order valence-electron chi connectivity index (χ0n) is 20.5. The second kappa shape index (κ2) is 11.2. The first-order valence-electron chi connectivity index (χ1n) is 12.3. The van der Waals surface area contributed by atoms with Crippen molar-refractivity contribution in [3.05, 3.63) is 54.4 Å². The van der Waals surface area contributed by atoms with Crippen LogP contribution in [0.3, 0.4) is 0 Å². The molecule has 0 aliphatic carbocycles. The zero-order valence-corrected chi connectivity index (χ0v) is 20.5. The van der Waals surface area contributed by atoms with Gasteiger partial charge in [-0.25, -0.2) is 18.7 Å². The minimum atomic E-state index is -3.03. The summed E-state index contributed by atoms with van der Waals surface area (Å²) in [6.45, 7) is 1.87. The number of hydrogen-bond acceptors (Lipinski definition) is 10. The summed E-state index contributed by atoms with van der Waals surface area (Å²) in [5, 5.41) is 24.8. The minimum Gasteiger partial charge on any atom is -0.483 e. The lowest BCUT2D eigenvalue weighted by atomic mass is 10.0. The van der Waals surface area contributed by atoms with Crippen molar-refractivity contribution in [1.29, 1.82) is 5.26 Å². The average molecular weight is 524 g/mol. The van der Waals surface area contributed by atoms with Crippen molar-refractivity contribution >= 4 is 17.3 Å². The molecule has 0 amide bonds. The molecule has 0 saturated carbocycles. The number of aromatic nitrogens is 3. The van der Waals surface area contributed by atoms with E-state index in [0.717, 1.165) is 17.9 Å². The highest BCUT2D eigenvalue weighted by Gasteiger charge is 2.43. The fourth-order valence-corrected chi connectivity index (χ4v) is 4.42. The van der Waals surface area contributed by atoms with Crippen molar-refractivity contribution < 1.29 is 23.4 Å². The molecule has 0 spiro atoms. The average Bonchev–Trinajstić information content (AvgIpc) is 2.95. The maximum Gasteiger partial charge on any atom is 0.296 e. The Hall–Kier alpha value is -3.92. The SMILES string of the molecule is N#Cc1cc(-c2ncnc(Nc3ccc(N4CCO[C@@H](CO)C4)cc3)n2)ccc1OC1CCNCC1(F)F. The molecule has 1 unspecified atom stereocenters. The van der Waals surface area contributed by atoms with E-state index in [9.17, 15) is 19.1 Å². The van der Waals surface area contributed by atoms with Crippen LogP contribution >= 0.6 is 0 Å². The van der Waals surface area contributed by atoms with Gasteiger partial charge < -0.3 is 30.1 Å². The van der Waals surface area contributed by atoms with Gasteiger partial charge in [-0.2, -0.15) is 10.2 Å². The third kappa shape index (κ3) is 5.80. The van der Waals surface area contributed by atoms with Gasteiger partial charge in [-0.3, -0.25) is 0 Å². The van der Waals surface area contributed by atoms with Crippen LogP contribution in [0.1, 0.15) is 12.0 Å². The van der Waals surface area contributed by atoms with Gasteiger partial charge in [0.2, 0.25) is 5.95 Å².